The molecule has 0 unspecified atom stereocenters. The van der Waals surface area contributed by atoms with Crippen molar-refractivity contribution in [3.05, 3.63) is 99.5 Å². The van der Waals surface area contributed by atoms with Crippen LogP contribution in [0.15, 0.2) is 77.7 Å². The lowest BCUT2D eigenvalue weighted by atomic mass is 10.1. The van der Waals surface area contributed by atoms with Crippen molar-refractivity contribution in [3.63, 3.8) is 0 Å². The molecule has 0 heterocycles. The predicted molar refractivity (Wildman–Crippen MR) is 124 cm³/mol. The van der Waals surface area contributed by atoms with E-state index in [2.05, 4.69) is 5.32 Å². The topological polar surface area (TPSA) is 66.5 Å². The van der Waals surface area contributed by atoms with E-state index < -0.39 is 15.9 Å². The third kappa shape index (κ3) is 6.55. The molecule has 0 aromatic heterocycles. The number of carbonyl (C=O) groups is 1. The van der Waals surface area contributed by atoms with Crippen LogP contribution >= 0.6 is 23.2 Å². The van der Waals surface area contributed by atoms with Crippen LogP contribution in [0.1, 0.15) is 16.7 Å². The summed E-state index contributed by atoms with van der Waals surface area (Å²) in [6, 6.07) is 20.5. The minimum atomic E-state index is -3.94. The number of rotatable bonds is 8. The van der Waals surface area contributed by atoms with Crippen LogP contribution in [-0.2, 0) is 27.9 Å². The average molecular weight is 477 g/mol. The van der Waals surface area contributed by atoms with E-state index in [1.807, 2.05) is 31.2 Å². The Morgan fingerprint density at radius 3 is 2.26 bits per heavy atom. The number of halogens is 2. The molecule has 0 atom stereocenters. The van der Waals surface area contributed by atoms with E-state index in [-0.39, 0.29) is 18.0 Å². The van der Waals surface area contributed by atoms with E-state index in [0.29, 0.717) is 22.2 Å². The molecular weight excluding hydrogens is 455 g/mol. The molecule has 8 heteroatoms. The SMILES string of the molecule is Cc1cccc(CNC(=O)CN(Cc2cccc(Cl)c2)S(=O)(=O)c2ccc(Cl)cc2)c1. The maximum absolute atomic E-state index is 13.3. The van der Waals surface area contributed by atoms with Gasteiger partial charge in [-0.3, -0.25) is 4.79 Å². The molecule has 0 bridgehead atoms. The summed E-state index contributed by atoms with van der Waals surface area (Å²) >= 11 is 11.9. The van der Waals surface area contributed by atoms with Gasteiger partial charge < -0.3 is 5.32 Å². The monoisotopic (exact) mass is 476 g/mol. The number of nitrogens with one attached hydrogen (secondary N) is 1. The third-order valence-electron chi connectivity index (χ3n) is 4.59. The average Bonchev–Trinajstić information content (AvgIpc) is 2.72. The van der Waals surface area contributed by atoms with Crippen LogP contribution in [0, 0.1) is 6.92 Å². The largest absolute Gasteiger partial charge is 0.351 e. The normalized spacial score (nSPS) is 11.5. The Bertz CT molecular complexity index is 1170. The molecule has 3 aromatic rings. The van der Waals surface area contributed by atoms with Crippen molar-refractivity contribution in [3.8, 4) is 0 Å². The first-order valence-electron chi connectivity index (χ1n) is 9.56. The van der Waals surface area contributed by atoms with Crippen LogP contribution in [0.3, 0.4) is 0 Å². The Morgan fingerprint density at radius 1 is 0.903 bits per heavy atom. The summed E-state index contributed by atoms with van der Waals surface area (Å²) in [5.74, 6) is -0.402. The van der Waals surface area contributed by atoms with Crippen molar-refractivity contribution in [1.29, 1.82) is 0 Å². The quantitative estimate of drug-likeness (QED) is 0.507. The van der Waals surface area contributed by atoms with Gasteiger partial charge in [-0.15, -0.1) is 0 Å². The standard InChI is InChI=1S/C23H22Cl2N2O3S/c1-17-4-2-5-18(12-17)14-26-23(28)16-27(15-19-6-3-7-21(25)13-19)31(29,30)22-10-8-20(24)9-11-22/h2-13H,14-16H2,1H3,(H,26,28). The molecule has 1 amide bonds. The van der Waals surface area contributed by atoms with Crippen LogP contribution in [0.4, 0.5) is 0 Å². The first-order chi connectivity index (χ1) is 14.7. The highest BCUT2D eigenvalue weighted by Gasteiger charge is 2.27. The van der Waals surface area contributed by atoms with Gasteiger partial charge in [-0.05, 0) is 54.4 Å². The van der Waals surface area contributed by atoms with Crippen molar-refractivity contribution in [2.75, 3.05) is 6.54 Å². The van der Waals surface area contributed by atoms with Gasteiger partial charge in [0, 0.05) is 23.1 Å². The van der Waals surface area contributed by atoms with Gasteiger partial charge in [-0.2, -0.15) is 4.31 Å². The van der Waals surface area contributed by atoms with Gasteiger partial charge in [-0.25, -0.2) is 8.42 Å². The van der Waals surface area contributed by atoms with Crippen LogP contribution in [-0.4, -0.2) is 25.2 Å². The number of amides is 1. The summed E-state index contributed by atoms with van der Waals surface area (Å²) in [4.78, 5) is 12.7. The fourth-order valence-electron chi connectivity index (χ4n) is 3.06. The maximum Gasteiger partial charge on any atom is 0.243 e. The number of benzene rings is 3. The number of carbonyl (C=O) groups excluding carboxylic acids is 1. The second-order valence-electron chi connectivity index (χ2n) is 7.12. The lowest BCUT2D eigenvalue weighted by Gasteiger charge is -2.22. The summed E-state index contributed by atoms with van der Waals surface area (Å²) in [6.07, 6.45) is 0. The lowest BCUT2D eigenvalue weighted by Crippen LogP contribution is -2.40. The maximum atomic E-state index is 13.3. The fraction of sp³-hybridized carbons (Fsp3) is 0.174. The Balaban J connectivity index is 1.81. The molecule has 0 spiro atoms. The van der Waals surface area contributed by atoms with Crippen molar-refractivity contribution < 1.29 is 13.2 Å². The molecule has 0 fully saturated rings. The third-order valence-corrected chi connectivity index (χ3v) is 6.88. The molecule has 0 aliphatic rings. The zero-order chi connectivity index (χ0) is 22.4. The van der Waals surface area contributed by atoms with Gasteiger partial charge >= 0.3 is 0 Å². The zero-order valence-electron chi connectivity index (χ0n) is 16.9. The number of nitrogens with zero attached hydrogens (tertiary/aromatic N) is 1. The van der Waals surface area contributed by atoms with Gasteiger partial charge in [0.1, 0.15) is 0 Å². The van der Waals surface area contributed by atoms with E-state index in [4.69, 9.17) is 23.2 Å². The van der Waals surface area contributed by atoms with E-state index >= 15 is 0 Å². The Labute approximate surface area is 192 Å². The van der Waals surface area contributed by atoms with Crippen molar-refractivity contribution in [2.24, 2.45) is 0 Å². The van der Waals surface area contributed by atoms with Crippen LogP contribution in [0.5, 0.6) is 0 Å². The predicted octanol–water partition coefficient (Wildman–Crippen LogP) is 4.81. The highest BCUT2D eigenvalue weighted by molar-refractivity contribution is 7.89. The molecule has 3 aromatic carbocycles. The van der Waals surface area contributed by atoms with Crippen LogP contribution < -0.4 is 5.32 Å². The molecule has 0 aliphatic heterocycles. The van der Waals surface area contributed by atoms with Gasteiger partial charge in [0.2, 0.25) is 15.9 Å². The van der Waals surface area contributed by atoms with Crippen LogP contribution in [0.25, 0.3) is 0 Å². The summed E-state index contributed by atoms with van der Waals surface area (Å²) < 4.78 is 27.6. The summed E-state index contributed by atoms with van der Waals surface area (Å²) in [5, 5.41) is 3.71. The number of hydrogen-bond acceptors (Lipinski definition) is 3. The zero-order valence-corrected chi connectivity index (χ0v) is 19.2. The number of aryl methyl sites for hydroxylation is 1. The first-order valence-corrected chi connectivity index (χ1v) is 11.8. The molecule has 0 saturated carbocycles. The molecule has 0 radical (unpaired) electrons. The fourth-order valence-corrected chi connectivity index (χ4v) is 4.78. The van der Waals surface area contributed by atoms with Crippen molar-refractivity contribution in [1.82, 2.24) is 9.62 Å². The molecule has 31 heavy (non-hydrogen) atoms. The lowest BCUT2D eigenvalue weighted by molar-refractivity contribution is -0.121. The second-order valence-corrected chi connectivity index (χ2v) is 9.93. The van der Waals surface area contributed by atoms with Gasteiger partial charge in [0.15, 0.2) is 0 Å². The molecule has 0 aliphatic carbocycles. The summed E-state index contributed by atoms with van der Waals surface area (Å²) in [5.41, 5.74) is 2.70. The van der Waals surface area contributed by atoms with Crippen molar-refractivity contribution in [2.45, 2.75) is 24.9 Å². The summed E-state index contributed by atoms with van der Waals surface area (Å²) in [7, 11) is -3.94. The Hall–Kier alpha value is -2.38. The van der Waals surface area contributed by atoms with Gasteiger partial charge in [0.25, 0.3) is 0 Å². The van der Waals surface area contributed by atoms with Crippen molar-refractivity contribution >= 4 is 39.1 Å². The van der Waals surface area contributed by atoms with E-state index in [1.54, 1.807) is 24.3 Å². The van der Waals surface area contributed by atoms with E-state index in [1.165, 1.54) is 24.3 Å². The molecule has 162 valence electrons. The van der Waals surface area contributed by atoms with Gasteiger partial charge in [0.05, 0.1) is 11.4 Å². The first kappa shape index (κ1) is 23.3. The molecule has 3 rings (SSSR count). The second kappa shape index (κ2) is 10.3. The molecule has 0 saturated heterocycles. The Kier molecular flexibility index (Phi) is 7.73. The summed E-state index contributed by atoms with van der Waals surface area (Å²) in [6.45, 7) is 1.95. The molecule has 5 nitrogen and oxygen atoms in total. The number of hydrogen-bond donors (Lipinski definition) is 1. The highest BCUT2D eigenvalue weighted by atomic mass is 35.5. The van der Waals surface area contributed by atoms with E-state index in [9.17, 15) is 13.2 Å². The smallest absolute Gasteiger partial charge is 0.243 e. The molecular formula is C23H22Cl2N2O3S. The van der Waals surface area contributed by atoms with Gasteiger partial charge in [-0.1, -0.05) is 65.2 Å². The van der Waals surface area contributed by atoms with E-state index in [0.717, 1.165) is 15.4 Å². The minimum Gasteiger partial charge on any atom is -0.351 e. The minimum absolute atomic E-state index is 0.00336. The number of sulfonamides is 1. The molecule has 1 N–H and O–H groups in total. The van der Waals surface area contributed by atoms with Crippen LogP contribution in [0.2, 0.25) is 10.0 Å². The Morgan fingerprint density at radius 2 is 1.58 bits per heavy atom. The highest BCUT2D eigenvalue weighted by Crippen LogP contribution is 2.21.